The van der Waals surface area contributed by atoms with Crippen molar-refractivity contribution in [3.63, 3.8) is 0 Å². The number of ether oxygens (including phenoxy) is 1. The van der Waals surface area contributed by atoms with Crippen LogP contribution >= 0.6 is 0 Å². The number of rotatable bonds is 9. The van der Waals surface area contributed by atoms with Crippen LogP contribution in [0.5, 0.6) is 0 Å². The van der Waals surface area contributed by atoms with E-state index >= 15 is 0 Å². The van der Waals surface area contributed by atoms with Gasteiger partial charge in [-0.05, 0) is 26.2 Å². The zero-order valence-electron chi connectivity index (χ0n) is 12.7. The number of hydrogen-bond acceptors (Lipinski definition) is 6. The number of aromatic amines is 1. The molecule has 0 saturated heterocycles. The van der Waals surface area contributed by atoms with E-state index in [1.165, 1.54) is 6.33 Å². The molecule has 0 atom stereocenters. The third-order valence-electron chi connectivity index (χ3n) is 3.11. The van der Waals surface area contributed by atoms with Gasteiger partial charge < -0.3 is 15.0 Å². The number of nitrogens with zero attached hydrogens (tertiary/aromatic N) is 3. The number of carbonyl (C=O) groups excluding carboxylic acids is 1. The molecule has 0 radical (unpaired) electrons. The number of esters is 1. The molecule has 0 aliphatic rings. The predicted molar refractivity (Wildman–Crippen MR) is 84.4 cm³/mol. The molecule has 2 aromatic heterocycles. The highest BCUT2D eigenvalue weighted by Crippen LogP contribution is 2.14. The van der Waals surface area contributed by atoms with Gasteiger partial charge >= 0.3 is 5.97 Å². The number of unbranched alkanes of at least 4 members (excludes halogenated alkanes) is 2. The molecule has 22 heavy (non-hydrogen) atoms. The van der Waals surface area contributed by atoms with Crippen LogP contribution in [0.2, 0.25) is 0 Å². The topological polar surface area (TPSA) is 92.8 Å². The maximum absolute atomic E-state index is 11.3. The number of imidazole rings is 1. The van der Waals surface area contributed by atoms with Crippen molar-refractivity contribution in [3.05, 3.63) is 24.8 Å². The Kier molecular flexibility index (Phi) is 6.35. The third-order valence-corrected chi connectivity index (χ3v) is 3.11. The van der Waals surface area contributed by atoms with E-state index in [0.717, 1.165) is 42.8 Å². The summed E-state index contributed by atoms with van der Waals surface area (Å²) in [5.41, 5.74) is 1.48. The second-order valence-corrected chi connectivity index (χ2v) is 4.80. The number of allylic oxidation sites excluding steroid dienone is 1. The van der Waals surface area contributed by atoms with E-state index in [9.17, 15) is 4.79 Å². The summed E-state index contributed by atoms with van der Waals surface area (Å²) >= 11 is 0. The van der Waals surface area contributed by atoms with E-state index in [2.05, 4.69) is 25.3 Å². The molecule has 2 rings (SSSR count). The molecule has 0 aliphatic heterocycles. The van der Waals surface area contributed by atoms with Gasteiger partial charge in [0.2, 0.25) is 0 Å². The maximum Gasteiger partial charge on any atom is 0.309 e. The highest BCUT2D eigenvalue weighted by molar-refractivity contribution is 5.81. The van der Waals surface area contributed by atoms with E-state index in [1.54, 1.807) is 12.4 Å². The van der Waals surface area contributed by atoms with E-state index < -0.39 is 0 Å². The van der Waals surface area contributed by atoms with Gasteiger partial charge in [0.25, 0.3) is 0 Å². The molecule has 0 spiro atoms. The minimum Gasteiger partial charge on any atom is -0.465 e. The Balaban J connectivity index is 1.58. The third kappa shape index (κ3) is 4.83. The van der Waals surface area contributed by atoms with Crippen LogP contribution in [0.4, 0.5) is 5.82 Å². The molecule has 0 fully saturated rings. The van der Waals surface area contributed by atoms with Gasteiger partial charge in [-0.1, -0.05) is 12.2 Å². The van der Waals surface area contributed by atoms with Crippen LogP contribution in [0.25, 0.3) is 11.2 Å². The summed E-state index contributed by atoms with van der Waals surface area (Å²) in [7, 11) is 0. The molecule has 0 saturated carbocycles. The molecule has 2 aromatic rings. The molecule has 2 N–H and O–H groups in total. The highest BCUT2D eigenvalue weighted by Gasteiger charge is 2.04. The van der Waals surface area contributed by atoms with Crippen molar-refractivity contribution in [3.8, 4) is 0 Å². The summed E-state index contributed by atoms with van der Waals surface area (Å²) in [6.07, 6.45) is 9.93. The van der Waals surface area contributed by atoms with Gasteiger partial charge in [-0.3, -0.25) is 4.79 Å². The highest BCUT2D eigenvalue weighted by atomic mass is 16.5. The molecule has 7 nitrogen and oxygen atoms in total. The van der Waals surface area contributed by atoms with E-state index in [-0.39, 0.29) is 5.97 Å². The largest absolute Gasteiger partial charge is 0.465 e. The van der Waals surface area contributed by atoms with Gasteiger partial charge in [-0.15, -0.1) is 0 Å². The molecule has 0 amide bonds. The number of hydrogen-bond donors (Lipinski definition) is 2. The number of fused-ring (bicyclic) bond motifs is 1. The van der Waals surface area contributed by atoms with Gasteiger partial charge in [-0.2, -0.15) is 0 Å². The van der Waals surface area contributed by atoms with Crippen molar-refractivity contribution in [2.75, 3.05) is 18.5 Å². The fourth-order valence-electron chi connectivity index (χ4n) is 1.96. The smallest absolute Gasteiger partial charge is 0.309 e. The molecule has 0 aromatic carbocycles. The quantitative estimate of drug-likeness (QED) is 0.420. The summed E-state index contributed by atoms with van der Waals surface area (Å²) in [6.45, 7) is 3.16. The summed E-state index contributed by atoms with van der Waals surface area (Å²) in [6, 6.07) is 0. The fraction of sp³-hybridized carbons (Fsp3) is 0.467. The normalized spacial score (nSPS) is 11.1. The molecule has 2 heterocycles. The summed E-state index contributed by atoms with van der Waals surface area (Å²) in [5, 5.41) is 3.25. The van der Waals surface area contributed by atoms with Crippen LogP contribution in [0.1, 0.15) is 32.6 Å². The first kappa shape index (κ1) is 15.9. The Hall–Kier alpha value is -2.44. The predicted octanol–water partition coefficient (Wildman–Crippen LogP) is 2.44. The Morgan fingerprint density at radius 3 is 3.09 bits per heavy atom. The summed E-state index contributed by atoms with van der Waals surface area (Å²) in [5.74, 6) is 0.571. The summed E-state index contributed by atoms with van der Waals surface area (Å²) in [4.78, 5) is 26.7. The SMILES string of the molecule is C/C=C/CC(=O)OCCCCCNc1ncnc2[nH]cnc12. The number of carbonyl (C=O) groups is 1. The molecule has 7 heteroatoms. The first-order chi connectivity index (χ1) is 10.8. The van der Waals surface area contributed by atoms with Crippen LogP contribution in [0.15, 0.2) is 24.8 Å². The van der Waals surface area contributed by atoms with Crippen LogP contribution in [0.3, 0.4) is 0 Å². The first-order valence-electron chi connectivity index (χ1n) is 7.46. The van der Waals surface area contributed by atoms with Crippen LogP contribution in [-0.2, 0) is 9.53 Å². The lowest BCUT2D eigenvalue weighted by Gasteiger charge is -2.06. The Bertz CT molecular complexity index is 623. The molecule has 0 unspecified atom stereocenters. The van der Waals surface area contributed by atoms with E-state index in [4.69, 9.17) is 4.74 Å². The maximum atomic E-state index is 11.3. The standard InChI is InChI=1S/C15H21N5O2/c1-2-3-7-12(21)22-9-6-4-5-8-16-14-13-15(18-10-17-13)20-11-19-14/h2-3,10-11H,4-9H2,1H3,(H2,16,17,18,19,20)/b3-2+. The Morgan fingerprint density at radius 2 is 2.23 bits per heavy atom. The minimum atomic E-state index is -0.168. The number of H-pyrrole nitrogens is 1. The zero-order chi connectivity index (χ0) is 15.6. The van der Waals surface area contributed by atoms with Crippen LogP contribution < -0.4 is 5.32 Å². The van der Waals surface area contributed by atoms with Gasteiger partial charge in [0.1, 0.15) is 11.8 Å². The van der Waals surface area contributed by atoms with Crippen LogP contribution in [-0.4, -0.2) is 39.1 Å². The van der Waals surface area contributed by atoms with Gasteiger partial charge in [0.05, 0.1) is 19.4 Å². The Labute approximate surface area is 129 Å². The second kappa shape index (κ2) is 8.76. The van der Waals surface area contributed by atoms with E-state index in [1.807, 2.05) is 13.0 Å². The lowest BCUT2D eigenvalue weighted by molar-refractivity contribution is -0.142. The number of aromatic nitrogens is 4. The molecule has 118 valence electrons. The number of anilines is 1. The summed E-state index contributed by atoms with van der Waals surface area (Å²) < 4.78 is 5.11. The van der Waals surface area contributed by atoms with Crippen molar-refractivity contribution >= 4 is 23.0 Å². The zero-order valence-corrected chi connectivity index (χ0v) is 12.7. The molecule has 0 bridgehead atoms. The number of nitrogens with one attached hydrogen (secondary N) is 2. The van der Waals surface area contributed by atoms with Crippen molar-refractivity contribution < 1.29 is 9.53 Å². The Morgan fingerprint density at radius 1 is 1.32 bits per heavy atom. The average Bonchev–Trinajstić information content (AvgIpc) is 3.01. The monoisotopic (exact) mass is 303 g/mol. The molecular weight excluding hydrogens is 282 g/mol. The molecule has 0 aliphatic carbocycles. The lowest BCUT2D eigenvalue weighted by Crippen LogP contribution is -2.06. The van der Waals surface area contributed by atoms with Gasteiger partial charge in [0.15, 0.2) is 11.5 Å². The van der Waals surface area contributed by atoms with Crippen molar-refractivity contribution in [2.45, 2.75) is 32.6 Å². The second-order valence-electron chi connectivity index (χ2n) is 4.80. The van der Waals surface area contributed by atoms with Gasteiger partial charge in [0, 0.05) is 6.54 Å². The molecular formula is C15H21N5O2. The van der Waals surface area contributed by atoms with E-state index in [0.29, 0.717) is 13.0 Å². The van der Waals surface area contributed by atoms with Crippen molar-refractivity contribution in [1.29, 1.82) is 0 Å². The van der Waals surface area contributed by atoms with Crippen molar-refractivity contribution in [1.82, 2.24) is 19.9 Å². The van der Waals surface area contributed by atoms with Gasteiger partial charge in [-0.25, -0.2) is 15.0 Å². The minimum absolute atomic E-state index is 0.168. The lowest BCUT2D eigenvalue weighted by atomic mass is 10.2. The fourth-order valence-corrected chi connectivity index (χ4v) is 1.96. The average molecular weight is 303 g/mol. The first-order valence-corrected chi connectivity index (χ1v) is 7.46. The van der Waals surface area contributed by atoms with Crippen molar-refractivity contribution in [2.24, 2.45) is 0 Å². The van der Waals surface area contributed by atoms with Crippen LogP contribution in [0, 0.1) is 0 Å².